The highest BCUT2D eigenvalue weighted by Gasteiger charge is 2.51. The molecule has 0 saturated carbocycles. The van der Waals surface area contributed by atoms with E-state index >= 15 is 0 Å². The Morgan fingerprint density at radius 3 is 2.41 bits per heavy atom. The van der Waals surface area contributed by atoms with Crippen LogP contribution in [0.4, 0.5) is 0 Å². The zero-order valence-corrected chi connectivity index (χ0v) is 17.4. The highest BCUT2D eigenvalue weighted by Crippen LogP contribution is 2.38. The minimum Gasteiger partial charge on any atom is -0.485 e. The number of para-hydroxylation sites is 2. The maximum atomic E-state index is 6.20. The van der Waals surface area contributed by atoms with Crippen LogP contribution >= 0.6 is 0 Å². The number of ether oxygens (including phenoxy) is 2. The predicted molar refractivity (Wildman–Crippen MR) is 112 cm³/mol. The Bertz CT molecular complexity index is 1080. The van der Waals surface area contributed by atoms with Crippen molar-refractivity contribution in [1.82, 2.24) is 9.55 Å². The maximum absolute atomic E-state index is 6.20. The largest absolute Gasteiger partial charge is 0.494 e. The van der Waals surface area contributed by atoms with Gasteiger partial charge in [0.1, 0.15) is 6.61 Å². The van der Waals surface area contributed by atoms with Gasteiger partial charge in [-0.3, -0.25) is 0 Å². The van der Waals surface area contributed by atoms with E-state index in [9.17, 15) is 0 Å². The van der Waals surface area contributed by atoms with Crippen molar-refractivity contribution in [3.63, 3.8) is 0 Å². The third-order valence-corrected chi connectivity index (χ3v) is 6.26. The highest BCUT2D eigenvalue weighted by atomic mass is 16.7. The minimum atomic E-state index is -0.399. The number of imidazole rings is 1. The first-order valence-corrected chi connectivity index (χ1v) is 9.95. The summed E-state index contributed by atoms with van der Waals surface area (Å²) in [5.74, 6) is 2.35. The fraction of sp³-hybridized carbons (Fsp3) is 0.409. The van der Waals surface area contributed by atoms with Crippen molar-refractivity contribution in [2.24, 2.45) is 7.05 Å². The first kappa shape index (κ1) is 18.5. The van der Waals surface area contributed by atoms with Crippen LogP contribution in [0.3, 0.4) is 0 Å². The summed E-state index contributed by atoms with van der Waals surface area (Å²) in [6, 6.07) is 13.8. The van der Waals surface area contributed by atoms with Gasteiger partial charge in [-0.1, -0.05) is 18.2 Å². The molecule has 0 aliphatic carbocycles. The molecule has 3 heterocycles. The van der Waals surface area contributed by atoms with Gasteiger partial charge in [-0.25, -0.2) is 4.98 Å². The van der Waals surface area contributed by atoms with Gasteiger partial charge < -0.3 is 23.3 Å². The van der Waals surface area contributed by atoms with E-state index in [-0.39, 0.29) is 17.3 Å². The topological polar surface area (TPSA) is 54.7 Å². The molecule has 0 radical (unpaired) electrons. The molecule has 1 aromatic heterocycles. The summed E-state index contributed by atoms with van der Waals surface area (Å²) in [5, 5.41) is 0. The van der Waals surface area contributed by atoms with Crippen LogP contribution < -0.4 is 14.9 Å². The zero-order valence-electron chi connectivity index (χ0n) is 17.4. The molecule has 3 aromatic rings. The third-order valence-electron chi connectivity index (χ3n) is 6.26. The van der Waals surface area contributed by atoms with E-state index in [4.69, 9.17) is 23.8 Å². The number of nitrogens with zero attached hydrogens (tertiary/aromatic N) is 2. The number of benzene rings is 2. The van der Waals surface area contributed by atoms with Crippen LogP contribution in [-0.4, -0.2) is 34.5 Å². The molecule has 0 amide bonds. The van der Waals surface area contributed by atoms with Crippen LogP contribution in [0, 0.1) is 0 Å². The van der Waals surface area contributed by atoms with E-state index in [1.165, 1.54) is 0 Å². The average Bonchev–Trinajstić information content (AvgIpc) is 3.13. The molecule has 5 rings (SSSR count). The molecular weight excluding hydrogens is 367 g/mol. The standard InChI is InChI=1S/C22H25BN2O4/c1-21(2)22(3,4)29-23(28-21)14-10-11-15-16(12-14)25(5)20(24-15)19-13-26-17-8-6-7-9-18(17)27-19/h6-12,19H,13H2,1-5H3. The van der Waals surface area contributed by atoms with E-state index in [1.807, 2.05) is 43.4 Å². The Hall–Kier alpha value is -2.51. The van der Waals surface area contributed by atoms with Crippen molar-refractivity contribution >= 4 is 23.6 Å². The second-order valence-electron chi connectivity index (χ2n) is 8.73. The quantitative estimate of drug-likeness (QED) is 0.626. The molecule has 1 saturated heterocycles. The summed E-state index contributed by atoms with van der Waals surface area (Å²) in [6.07, 6.45) is -0.261. The summed E-state index contributed by atoms with van der Waals surface area (Å²) in [6.45, 7) is 8.67. The van der Waals surface area contributed by atoms with Crippen molar-refractivity contribution in [3.05, 3.63) is 48.3 Å². The third kappa shape index (κ3) is 2.91. The van der Waals surface area contributed by atoms with E-state index in [1.54, 1.807) is 0 Å². The monoisotopic (exact) mass is 392 g/mol. The van der Waals surface area contributed by atoms with Crippen LogP contribution in [-0.2, 0) is 16.4 Å². The first-order valence-electron chi connectivity index (χ1n) is 9.95. The lowest BCUT2D eigenvalue weighted by molar-refractivity contribution is 0.00578. The zero-order chi connectivity index (χ0) is 20.4. The van der Waals surface area contributed by atoms with Gasteiger partial charge in [0.05, 0.1) is 22.2 Å². The summed E-state index contributed by atoms with van der Waals surface area (Å²) in [5.41, 5.74) is 2.16. The van der Waals surface area contributed by atoms with E-state index < -0.39 is 7.12 Å². The van der Waals surface area contributed by atoms with Crippen LogP contribution in [0.2, 0.25) is 0 Å². The van der Waals surface area contributed by atoms with Crippen LogP contribution in [0.5, 0.6) is 11.5 Å². The summed E-state index contributed by atoms with van der Waals surface area (Å²) < 4.78 is 26.5. The highest BCUT2D eigenvalue weighted by molar-refractivity contribution is 6.62. The molecule has 1 atom stereocenters. The molecule has 0 spiro atoms. The first-order chi connectivity index (χ1) is 13.7. The van der Waals surface area contributed by atoms with Crippen LogP contribution in [0.1, 0.15) is 39.6 Å². The Labute approximate surface area is 170 Å². The molecule has 2 aromatic carbocycles. The van der Waals surface area contributed by atoms with Gasteiger partial charge in [-0.05, 0) is 57.4 Å². The van der Waals surface area contributed by atoms with Crippen LogP contribution in [0.25, 0.3) is 11.0 Å². The smallest absolute Gasteiger partial charge is 0.485 e. The SMILES string of the molecule is Cn1c(C2COc3ccccc3O2)nc2ccc(B3OC(C)(C)C(C)(C)O3)cc21. The van der Waals surface area contributed by atoms with Gasteiger partial charge >= 0.3 is 7.12 Å². The van der Waals surface area contributed by atoms with Gasteiger partial charge in [-0.2, -0.15) is 0 Å². The number of fused-ring (bicyclic) bond motifs is 2. The molecule has 150 valence electrons. The molecule has 6 nitrogen and oxygen atoms in total. The fourth-order valence-electron chi connectivity index (χ4n) is 3.79. The molecule has 0 bridgehead atoms. The lowest BCUT2D eigenvalue weighted by atomic mass is 9.79. The molecule has 0 N–H and O–H groups in total. The van der Waals surface area contributed by atoms with Crippen molar-refractivity contribution in [3.8, 4) is 11.5 Å². The van der Waals surface area contributed by atoms with E-state index in [2.05, 4.69) is 38.3 Å². The lowest BCUT2D eigenvalue weighted by Gasteiger charge is -2.32. The van der Waals surface area contributed by atoms with Crippen molar-refractivity contribution in [1.29, 1.82) is 0 Å². The van der Waals surface area contributed by atoms with Crippen molar-refractivity contribution < 1.29 is 18.8 Å². The molecule has 1 unspecified atom stereocenters. The number of hydrogen-bond donors (Lipinski definition) is 0. The summed E-state index contributed by atoms with van der Waals surface area (Å²) >= 11 is 0. The van der Waals surface area contributed by atoms with Crippen molar-refractivity contribution in [2.75, 3.05) is 6.61 Å². The van der Waals surface area contributed by atoms with Gasteiger partial charge in [0, 0.05) is 7.05 Å². The molecule has 2 aliphatic heterocycles. The molecule has 7 heteroatoms. The Morgan fingerprint density at radius 1 is 1.00 bits per heavy atom. The molecular formula is C22H25BN2O4. The number of aryl methyl sites for hydroxylation is 1. The van der Waals surface area contributed by atoms with Crippen LogP contribution in [0.15, 0.2) is 42.5 Å². The Morgan fingerprint density at radius 2 is 1.69 bits per heavy atom. The average molecular weight is 392 g/mol. The lowest BCUT2D eigenvalue weighted by Crippen LogP contribution is -2.41. The molecule has 1 fully saturated rings. The second kappa shape index (κ2) is 6.24. The molecule has 2 aliphatic rings. The number of hydrogen-bond acceptors (Lipinski definition) is 5. The van der Waals surface area contributed by atoms with Gasteiger partial charge in [0.15, 0.2) is 23.4 Å². The minimum absolute atomic E-state index is 0.261. The van der Waals surface area contributed by atoms with Gasteiger partial charge in [0.25, 0.3) is 0 Å². The van der Waals surface area contributed by atoms with Crippen molar-refractivity contribution in [2.45, 2.75) is 45.0 Å². The van der Waals surface area contributed by atoms with Gasteiger partial charge in [0.2, 0.25) is 0 Å². The number of aromatic nitrogens is 2. The normalized spacial score (nSPS) is 22.2. The maximum Gasteiger partial charge on any atom is 0.494 e. The Kier molecular flexibility index (Phi) is 3.99. The summed E-state index contributed by atoms with van der Waals surface area (Å²) in [7, 11) is 1.60. The van der Waals surface area contributed by atoms with E-state index in [0.717, 1.165) is 33.8 Å². The second-order valence-corrected chi connectivity index (χ2v) is 8.73. The fourth-order valence-corrected chi connectivity index (χ4v) is 3.79. The summed E-state index contributed by atoms with van der Waals surface area (Å²) in [4.78, 5) is 4.81. The number of rotatable bonds is 2. The van der Waals surface area contributed by atoms with Gasteiger partial charge in [-0.15, -0.1) is 0 Å². The Balaban J connectivity index is 1.47. The molecule has 29 heavy (non-hydrogen) atoms. The predicted octanol–water partition coefficient (Wildman–Crippen LogP) is 3.39. The van der Waals surface area contributed by atoms with E-state index in [0.29, 0.717) is 6.61 Å².